The molecule has 0 aliphatic heterocycles. The summed E-state index contributed by atoms with van der Waals surface area (Å²) >= 11 is 0. The van der Waals surface area contributed by atoms with Crippen molar-refractivity contribution in [2.75, 3.05) is 20.3 Å². The Kier molecular flexibility index (Phi) is 5.81. The molecule has 27 heavy (non-hydrogen) atoms. The average Bonchev–Trinajstić information content (AvgIpc) is 3.00. The summed E-state index contributed by atoms with van der Waals surface area (Å²) in [5.41, 5.74) is 2.35. The van der Waals surface area contributed by atoms with Crippen molar-refractivity contribution >= 4 is 16.9 Å². The topological polar surface area (TPSA) is 49.7 Å². The number of rotatable bonds is 8. The molecule has 5 nitrogen and oxygen atoms in total. The van der Waals surface area contributed by atoms with Gasteiger partial charge in [-0.2, -0.15) is 0 Å². The minimum atomic E-state index is -0.414. The number of methoxy groups -OCH3 is 1. The standard InChI is InChI=1S/C22H23NO4/c1-4-13-27-21-18-14-17(25-3)11-12-19(18)23(20(21)22(24)26-5-2)15-16-9-7-6-8-10-16/h4,6-12,14H,1,5,13,15H2,2-3H3. The Bertz CT molecular complexity index is 944. The van der Waals surface area contributed by atoms with Gasteiger partial charge in [0.15, 0.2) is 11.4 Å². The summed E-state index contributed by atoms with van der Waals surface area (Å²) in [7, 11) is 1.61. The molecule has 2 aromatic carbocycles. The first-order valence-corrected chi connectivity index (χ1v) is 8.84. The smallest absolute Gasteiger partial charge is 0.358 e. The quantitative estimate of drug-likeness (QED) is 0.437. The van der Waals surface area contributed by atoms with Crippen LogP contribution in [0.2, 0.25) is 0 Å². The highest BCUT2D eigenvalue weighted by molar-refractivity contribution is 6.02. The maximum Gasteiger partial charge on any atom is 0.358 e. The predicted molar refractivity (Wildman–Crippen MR) is 106 cm³/mol. The van der Waals surface area contributed by atoms with Gasteiger partial charge in [-0.3, -0.25) is 0 Å². The van der Waals surface area contributed by atoms with E-state index in [1.165, 1.54) is 0 Å². The zero-order valence-electron chi connectivity index (χ0n) is 15.6. The third-order valence-corrected chi connectivity index (χ3v) is 4.22. The van der Waals surface area contributed by atoms with Gasteiger partial charge in [0.1, 0.15) is 12.4 Å². The summed E-state index contributed by atoms with van der Waals surface area (Å²) in [4.78, 5) is 12.8. The molecule has 0 N–H and O–H groups in total. The highest BCUT2D eigenvalue weighted by Gasteiger charge is 2.26. The molecule has 0 fully saturated rings. The molecule has 3 aromatic rings. The molecule has 5 heteroatoms. The molecule has 0 aliphatic rings. The highest BCUT2D eigenvalue weighted by atomic mass is 16.5. The van der Waals surface area contributed by atoms with Gasteiger partial charge in [0.25, 0.3) is 0 Å². The lowest BCUT2D eigenvalue weighted by Gasteiger charge is -2.11. The van der Waals surface area contributed by atoms with Gasteiger partial charge in [0.05, 0.1) is 19.2 Å². The number of ether oxygens (including phenoxy) is 3. The van der Waals surface area contributed by atoms with Crippen LogP contribution in [-0.4, -0.2) is 30.9 Å². The first-order chi connectivity index (χ1) is 13.2. The second-order valence-corrected chi connectivity index (χ2v) is 5.95. The summed E-state index contributed by atoms with van der Waals surface area (Å²) in [6, 6.07) is 15.6. The molecular formula is C22H23NO4. The molecule has 1 heterocycles. The highest BCUT2D eigenvalue weighted by Crippen LogP contribution is 2.37. The Morgan fingerprint density at radius 3 is 2.63 bits per heavy atom. The predicted octanol–water partition coefficient (Wildman–Crippen LogP) is 4.44. The van der Waals surface area contributed by atoms with E-state index >= 15 is 0 Å². The van der Waals surface area contributed by atoms with E-state index in [1.54, 1.807) is 20.1 Å². The number of carbonyl (C=O) groups is 1. The normalized spacial score (nSPS) is 10.6. The zero-order chi connectivity index (χ0) is 19.2. The Morgan fingerprint density at radius 1 is 1.19 bits per heavy atom. The fraction of sp³-hybridized carbons (Fsp3) is 0.227. The Morgan fingerprint density at radius 2 is 1.96 bits per heavy atom. The van der Waals surface area contributed by atoms with Gasteiger partial charge in [-0.1, -0.05) is 43.0 Å². The van der Waals surface area contributed by atoms with E-state index in [-0.39, 0.29) is 13.2 Å². The zero-order valence-corrected chi connectivity index (χ0v) is 15.6. The lowest BCUT2D eigenvalue weighted by Crippen LogP contribution is -2.14. The fourth-order valence-corrected chi connectivity index (χ4v) is 3.05. The van der Waals surface area contributed by atoms with E-state index in [0.29, 0.717) is 23.7 Å². The Labute approximate surface area is 158 Å². The molecule has 0 amide bonds. The van der Waals surface area contributed by atoms with Crippen LogP contribution >= 0.6 is 0 Å². The maximum atomic E-state index is 12.8. The van der Waals surface area contributed by atoms with Crippen molar-refractivity contribution in [2.24, 2.45) is 0 Å². The van der Waals surface area contributed by atoms with Gasteiger partial charge in [-0.25, -0.2) is 4.79 Å². The number of aromatic nitrogens is 1. The van der Waals surface area contributed by atoms with E-state index in [1.807, 2.05) is 53.1 Å². The van der Waals surface area contributed by atoms with Crippen LogP contribution in [-0.2, 0) is 11.3 Å². The number of hydrogen-bond acceptors (Lipinski definition) is 4. The second-order valence-electron chi connectivity index (χ2n) is 5.95. The minimum Gasteiger partial charge on any atom is -0.497 e. The molecule has 0 radical (unpaired) electrons. The number of nitrogens with zero attached hydrogens (tertiary/aromatic N) is 1. The maximum absolute atomic E-state index is 12.8. The summed E-state index contributed by atoms with van der Waals surface area (Å²) < 4.78 is 18.5. The number of esters is 1. The lowest BCUT2D eigenvalue weighted by atomic mass is 10.2. The van der Waals surface area contributed by atoms with E-state index in [2.05, 4.69) is 6.58 Å². The van der Waals surface area contributed by atoms with Crippen LogP contribution in [0.3, 0.4) is 0 Å². The van der Waals surface area contributed by atoms with Gasteiger partial charge >= 0.3 is 5.97 Å². The minimum absolute atomic E-state index is 0.286. The molecule has 0 spiro atoms. The van der Waals surface area contributed by atoms with Crippen molar-refractivity contribution in [1.82, 2.24) is 4.57 Å². The van der Waals surface area contributed by atoms with Gasteiger partial charge in [0.2, 0.25) is 0 Å². The molecule has 1 aromatic heterocycles. The molecule has 0 bridgehead atoms. The van der Waals surface area contributed by atoms with Crippen LogP contribution in [0.4, 0.5) is 0 Å². The van der Waals surface area contributed by atoms with Crippen LogP contribution < -0.4 is 9.47 Å². The number of hydrogen-bond donors (Lipinski definition) is 0. The van der Waals surface area contributed by atoms with E-state index in [9.17, 15) is 4.79 Å². The lowest BCUT2D eigenvalue weighted by molar-refractivity contribution is 0.0510. The number of carbonyl (C=O) groups excluding carboxylic acids is 1. The molecule has 0 saturated heterocycles. The molecule has 0 saturated carbocycles. The van der Waals surface area contributed by atoms with E-state index in [4.69, 9.17) is 14.2 Å². The molecule has 3 rings (SSSR count). The van der Waals surface area contributed by atoms with Crippen LogP contribution in [0.15, 0.2) is 61.2 Å². The molecular weight excluding hydrogens is 342 g/mol. The van der Waals surface area contributed by atoms with Crippen molar-refractivity contribution in [1.29, 1.82) is 0 Å². The SMILES string of the molecule is C=CCOc1c(C(=O)OCC)n(Cc2ccccc2)c2ccc(OC)cc12. The van der Waals surface area contributed by atoms with Crippen molar-refractivity contribution in [3.8, 4) is 11.5 Å². The van der Waals surface area contributed by atoms with Crippen molar-refractivity contribution in [3.05, 3.63) is 72.4 Å². The summed E-state index contributed by atoms with van der Waals surface area (Å²) in [6.45, 7) is 6.59. The number of fused-ring (bicyclic) bond motifs is 1. The first kappa shape index (κ1) is 18.6. The van der Waals surface area contributed by atoms with Crippen molar-refractivity contribution < 1.29 is 19.0 Å². The second kappa shape index (κ2) is 8.45. The summed E-state index contributed by atoms with van der Waals surface area (Å²) in [5.74, 6) is 0.763. The monoisotopic (exact) mass is 365 g/mol. The van der Waals surface area contributed by atoms with E-state index < -0.39 is 5.97 Å². The van der Waals surface area contributed by atoms with Crippen LogP contribution in [0.25, 0.3) is 10.9 Å². The molecule has 0 unspecified atom stereocenters. The third-order valence-electron chi connectivity index (χ3n) is 4.22. The van der Waals surface area contributed by atoms with Crippen molar-refractivity contribution in [2.45, 2.75) is 13.5 Å². The van der Waals surface area contributed by atoms with E-state index in [0.717, 1.165) is 16.5 Å². The molecule has 0 aliphatic carbocycles. The van der Waals surface area contributed by atoms with Gasteiger partial charge in [0, 0.05) is 11.9 Å². The Balaban J connectivity index is 2.24. The average molecular weight is 365 g/mol. The summed E-state index contributed by atoms with van der Waals surface area (Å²) in [5, 5.41) is 0.801. The number of benzene rings is 2. The molecule has 140 valence electrons. The molecule has 0 atom stereocenters. The third kappa shape index (κ3) is 3.82. The Hall–Kier alpha value is -3.21. The van der Waals surface area contributed by atoms with Crippen LogP contribution in [0, 0.1) is 0 Å². The van der Waals surface area contributed by atoms with Gasteiger partial charge in [-0.15, -0.1) is 0 Å². The largest absolute Gasteiger partial charge is 0.497 e. The van der Waals surface area contributed by atoms with Crippen LogP contribution in [0.5, 0.6) is 11.5 Å². The fourth-order valence-electron chi connectivity index (χ4n) is 3.05. The summed E-state index contributed by atoms with van der Waals surface area (Å²) in [6.07, 6.45) is 1.65. The van der Waals surface area contributed by atoms with Gasteiger partial charge in [-0.05, 0) is 30.7 Å². The first-order valence-electron chi connectivity index (χ1n) is 8.84. The van der Waals surface area contributed by atoms with Gasteiger partial charge < -0.3 is 18.8 Å². The van der Waals surface area contributed by atoms with Crippen LogP contribution in [0.1, 0.15) is 23.0 Å². The van der Waals surface area contributed by atoms with Crippen molar-refractivity contribution in [3.63, 3.8) is 0 Å².